The maximum absolute atomic E-state index is 11.7. The van der Waals surface area contributed by atoms with E-state index in [9.17, 15) is 19.1 Å². The summed E-state index contributed by atoms with van der Waals surface area (Å²) >= 11 is 0. The van der Waals surface area contributed by atoms with E-state index in [0.29, 0.717) is 0 Å². The number of rotatable bonds is 6. The van der Waals surface area contributed by atoms with Crippen molar-refractivity contribution >= 4 is 13.5 Å². The first-order chi connectivity index (χ1) is 7.94. The van der Waals surface area contributed by atoms with Gasteiger partial charge in [-0.05, 0) is 12.1 Å². The highest BCUT2D eigenvalue weighted by molar-refractivity contribution is 7.47. The van der Waals surface area contributed by atoms with Crippen molar-refractivity contribution in [1.82, 2.24) is 0 Å². The van der Waals surface area contributed by atoms with Crippen LogP contribution in [-0.4, -0.2) is 23.1 Å². The van der Waals surface area contributed by atoms with Crippen LogP contribution in [0.3, 0.4) is 0 Å². The van der Waals surface area contributed by atoms with Gasteiger partial charge in [-0.2, -0.15) is 0 Å². The zero-order chi connectivity index (χ0) is 12.9. The molecule has 0 bridgehead atoms. The van der Waals surface area contributed by atoms with Gasteiger partial charge in [-0.25, -0.2) is 8.96 Å². The number of alkyl halides is 1. The zero-order valence-electron chi connectivity index (χ0n) is 8.48. The minimum atomic E-state index is -4.38. The van der Waals surface area contributed by atoms with Crippen LogP contribution < -0.4 is 4.52 Å². The van der Waals surface area contributed by atoms with Gasteiger partial charge < -0.3 is 4.52 Å². The van der Waals surface area contributed by atoms with E-state index in [0.717, 1.165) is 24.3 Å². The molecule has 0 aliphatic rings. The summed E-state index contributed by atoms with van der Waals surface area (Å²) in [6.45, 7) is -1.49. The maximum Gasteiger partial charge on any atom is 0.527 e. The third-order valence-corrected chi connectivity index (χ3v) is 2.55. The minimum Gasteiger partial charge on any atom is -0.404 e. The van der Waals surface area contributed by atoms with Crippen molar-refractivity contribution in [2.45, 2.75) is 0 Å². The summed E-state index contributed by atoms with van der Waals surface area (Å²) in [6.07, 6.45) is 0. The molecule has 17 heavy (non-hydrogen) atoms. The largest absolute Gasteiger partial charge is 0.527 e. The molecule has 0 radical (unpaired) electrons. The highest BCUT2D eigenvalue weighted by Gasteiger charge is 2.22. The summed E-state index contributed by atoms with van der Waals surface area (Å²) in [4.78, 5) is 18.8. The summed E-state index contributed by atoms with van der Waals surface area (Å²) in [5.74, 6) is -0.0831. The average Bonchev–Trinajstić information content (AvgIpc) is 2.26. The summed E-state index contributed by atoms with van der Waals surface area (Å²) in [7, 11) is -4.38. The lowest BCUT2D eigenvalue weighted by atomic mass is 10.3. The van der Waals surface area contributed by atoms with Crippen LogP contribution in [-0.2, 0) is 9.09 Å². The monoisotopic (exact) mass is 265 g/mol. The molecule has 0 saturated heterocycles. The van der Waals surface area contributed by atoms with Crippen LogP contribution in [0.4, 0.5) is 10.1 Å². The van der Waals surface area contributed by atoms with Gasteiger partial charge in [0.2, 0.25) is 0 Å². The smallest absolute Gasteiger partial charge is 0.404 e. The molecule has 0 spiro atoms. The molecule has 0 heterocycles. The summed E-state index contributed by atoms with van der Waals surface area (Å²) in [5, 5.41) is 10.3. The molecular formula is C8H9FNO6P. The Labute approximate surface area is 95.6 Å². The molecule has 1 aromatic carbocycles. The first-order valence-corrected chi connectivity index (χ1v) is 5.91. The van der Waals surface area contributed by atoms with Crippen LogP contribution in [0.25, 0.3) is 0 Å². The lowest BCUT2D eigenvalue weighted by Gasteiger charge is -2.11. The Morgan fingerprint density at radius 1 is 1.41 bits per heavy atom. The standard InChI is InChI=1S/C8H9FNO6P/c9-5-6-15-17(13,14)16-8-3-1-7(2-4-8)10(11)12/h1-4H,5-6H2,(H,13,14). The van der Waals surface area contributed by atoms with Crippen LogP contribution in [0.2, 0.25) is 0 Å². The number of nitro groups is 1. The van der Waals surface area contributed by atoms with E-state index in [1.165, 1.54) is 0 Å². The topological polar surface area (TPSA) is 98.9 Å². The van der Waals surface area contributed by atoms with Gasteiger partial charge in [0.15, 0.2) is 0 Å². The lowest BCUT2D eigenvalue weighted by molar-refractivity contribution is -0.384. The van der Waals surface area contributed by atoms with E-state index < -0.39 is 26.0 Å². The molecule has 1 unspecified atom stereocenters. The van der Waals surface area contributed by atoms with E-state index >= 15 is 0 Å². The number of phosphoric ester groups is 1. The average molecular weight is 265 g/mol. The van der Waals surface area contributed by atoms with E-state index in [4.69, 9.17) is 4.89 Å². The van der Waals surface area contributed by atoms with Crippen molar-refractivity contribution in [3.8, 4) is 5.75 Å². The molecular weight excluding hydrogens is 256 g/mol. The summed E-state index contributed by atoms with van der Waals surface area (Å²) in [5.41, 5.74) is -0.185. The van der Waals surface area contributed by atoms with Crippen LogP contribution in [0.15, 0.2) is 24.3 Å². The van der Waals surface area contributed by atoms with Crippen molar-refractivity contribution < 1.29 is 27.8 Å². The van der Waals surface area contributed by atoms with E-state index in [-0.39, 0.29) is 11.4 Å². The highest BCUT2D eigenvalue weighted by Crippen LogP contribution is 2.43. The predicted octanol–water partition coefficient (Wildman–Crippen LogP) is 2.06. The number of hydrogen-bond donors (Lipinski definition) is 1. The number of nitro benzene ring substituents is 1. The Morgan fingerprint density at radius 3 is 2.47 bits per heavy atom. The van der Waals surface area contributed by atoms with Crippen LogP contribution in [0, 0.1) is 10.1 Å². The number of phosphoric acid groups is 1. The number of hydrogen-bond acceptors (Lipinski definition) is 5. The minimum absolute atomic E-state index is 0.0831. The van der Waals surface area contributed by atoms with Gasteiger partial charge in [0.25, 0.3) is 5.69 Å². The second kappa shape index (κ2) is 5.72. The fraction of sp³-hybridized carbons (Fsp3) is 0.250. The lowest BCUT2D eigenvalue weighted by Crippen LogP contribution is -2.00. The molecule has 0 amide bonds. The summed E-state index contributed by atoms with van der Waals surface area (Å²) < 4.78 is 31.7. The van der Waals surface area contributed by atoms with E-state index in [1.807, 2.05) is 0 Å². The third-order valence-electron chi connectivity index (χ3n) is 1.60. The van der Waals surface area contributed by atoms with Gasteiger partial charge >= 0.3 is 7.82 Å². The number of benzene rings is 1. The Morgan fingerprint density at radius 2 is 2.00 bits per heavy atom. The van der Waals surface area contributed by atoms with Crippen molar-refractivity contribution in [1.29, 1.82) is 0 Å². The second-order valence-electron chi connectivity index (χ2n) is 2.83. The number of halogens is 1. The van der Waals surface area contributed by atoms with Gasteiger partial charge in [0, 0.05) is 12.1 Å². The number of non-ortho nitro benzene ring substituents is 1. The first-order valence-electron chi connectivity index (χ1n) is 4.42. The SMILES string of the molecule is O=[N+]([O-])c1ccc(OP(=O)(O)OCCF)cc1. The van der Waals surface area contributed by atoms with Gasteiger partial charge in [-0.15, -0.1) is 0 Å². The molecule has 94 valence electrons. The third kappa shape index (κ3) is 4.48. The molecule has 0 aromatic heterocycles. The summed E-state index contributed by atoms with van der Waals surface area (Å²) in [6, 6.07) is 4.48. The van der Waals surface area contributed by atoms with Crippen molar-refractivity contribution in [3.63, 3.8) is 0 Å². The van der Waals surface area contributed by atoms with Gasteiger partial charge in [0.1, 0.15) is 12.4 Å². The zero-order valence-corrected chi connectivity index (χ0v) is 9.38. The maximum atomic E-state index is 11.7. The van der Waals surface area contributed by atoms with Crippen molar-refractivity contribution in [3.05, 3.63) is 34.4 Å². The molecule has 0 fully saturated rings. The molecule has 9 heteroatoms. The molecule has 1 aromatic rings. The molecule has 7 nitrogen and oxygen atoms in total. The molecule has 0 aliphatic carbocycles. The molecule has 0 saturated carbocycles. The van der Waals surface area contributed by atoms with Crippen LogP contribution in [0.5, 0.6) is 5.75 Å². The Bertz CT molecular complexity index is 436. The van der Waals surface area contributed by atoms with Crippen LogP contribution >= 0.6 is 7.82 Å². The van der Waals surface area contributed by atoms with E-state index in [2.05, 4.69) is 9.05 Å². The van der Waals surface area contributed by atoms with Crippen LogP contribution in [0.1, 0.15) is 0 Å². The Balaban J connectivity index is 2.68. The number of nitrogens with zero attached hydrogens (tertiary/aromatic N) is 1. The fourth-order valence-corrected chi connectivity index (χ4v) is 1.68. The van der Waals surface area contributed by atoms with Crippen molar-refractivity contribution in [2.24, 2.45) is 0 Å². The quantitative estimate of drug-likeness (QED) is 0.480. The second-order valence-corrected chi connectivity index (χ2v) is 4.21. The molecule has 1 N–H and O–H groups in total. The van der Waals surface area contributed by atoms with Crippen molar-refractivity contribution in [2.75, 3.05) is 13.3 Å². The fourth-order valence-electron chi connectivity index (χ4n) is 0.938. The van der Waals surface area contributed by atoms with Gasteiger partial charge in [-0.3, -0.25) is 19.5 Å². The molecule has 1 atom stereocenters. The van der Waals surface area contributed by atoms with E-state index in [1.54, 1.807) is 0 Å². The normalized spacial score (nSPS) is 14.0. The first kappa shape index (κ1) is 13.6. The molecule has 0 aliphatic heterocycles. The highest BCUT2D eigenvalue weighted by atomic mass is 31.2. The Hall–Kier alpha value is -1.50. The molecule has 1 rings (SSSR count). The van der Waals surface area contributed by atoms with Gasteiger partial charge in [-0.1, -0.05) is 0 Å². The predicted molar refractivity (Wildman–Crippen MR) is 55.5 cm³/mol. The van der Waals surface area contributed by atoms with Gasteiger partial charge in [0.05, 0.1) is 11.5 Å². The Kier molecular flexibility index (Phi) is 4.56.